The number of hydrogen-bond acceptors (Lipinski definition) is 4. The number of amides is 1. The molecule has 0 saturated carbocycles. The number of ether oxygens (including phenoxy) is 1. The summed E-state index contributed by atoms with van der Waals surface area (Å²) in [5.74, 6) is -0.882. The molecule has 1 atom stereocenters. The van der Waals surface area contributed by atoms with Crippen molar-refractivity contribution >= 4 is 17.7 Å². The number of aromatic nitrogens is 1. The van der Waals surface area contributed by atoms with Gasteiger partial charge >= 0.3 is 11.7 Å². The standard InChI is InChI=1S/C12H12F6N2O2S/c1-7(5-22-6-11(13,14)15)20-9(21)8-3-2-4-19-10(8)23-12(16,17)18/h2-4,7H,5-6H2,1H3,(H,20,21). The first-order chi connectivity index (χ1) is 10.5. The van der Waals surface area contributed by atoms with Crippen molar-refractivity contribution in [1.29, 1.82) is 0 Å². The third kappa shape index (κ3) is 8.07. The van der Waals surface area contributed by atoms with Crippen molar-refractivity contribution in [3.63, 3.8) is 0 Å². The molecular weight excluding hydrogens is 350 g/mol. The smallest absolute Gasteiger partial charge is 0.370 e. The summed E-state index contributed by atoms with van der Waals surface area (Å²) in [7, 11) is 0. The molecule has 1 unspecified atom stereocenters. The molecule has 0 bridgehead atoms. The number of hydrogen-bond donors (Lipinski definition) is 1. The highest BCUT2D eigenvalue weighted by Gasteiger charge is 2.32. The Morgan fingerprint density at radius 2 is 2.00 bits per heavy atom. The lowest BCUT2D eigenvalue weighted by Crippen LogP contribution is -2.37. The van der Waals surface area contributed by atoms with Crippen molar-refractivity contribution in [1.82, 2.24) is 10.3 Å². The molecular formula is C12H12F6N2O2S. The van der Waals surface area contributed by atoms with E-state index in [1.807, 2.05) is 0 Å². The fourth-order valence-electron chi connectivity index (χ4n) is 1.45. The minimum Gasteiger partial charge on any atom is -0.370 e. The van der Waals surface area contributed by atoms with Crippen molar-refractivity contribution in [2.24, 2.45) is 0 Å². The molecule has 1 aromatic heterocycles. The molecule has 0 aromatic carbocycles. The van der Waals surface area contributed by atoms with Gasteiger partial charge in [0.1, 0.15) is 11.6 Å². The molecule has 130 valence electrons. The predicted molar refractivity (Wildman–Crippen MR) is 70.0 cm³/mol. The predicted octanol–water partition coefficient (Wildman–Crippen LogP) is 3.39. The molecule has 1 heterocycles. The highest BCUT2D eigenvalue weighted by molar-refractivity contribution is 8.00. The van der Waals surface area contributed by atoms with Gasteiger partial charge in [0, 0.05) is 24.0 Å². The van der Waals surface area contributed by atoms with Gasteiger partial charge in [-0.3, -0.25) is 4.79 Å². The van der Waals surface area contributed by atoms with Gasteiger partial charge in [0.2, 0.25) is 0 Å². The molecule has 11 heteroatoms. The monoisotopic (exact) mass is 362 g/mol. The molecule has 23 heavy (non-hydrogen) atoms. The summed E-state index contributed by atoms with van der Waals surface area (Å²) in [6.07, 6.45) is -3.40. The Bertz CT molecular complexity index is 535. The van der Waals surface area contributed by atoms with Gasteiger partial charge in [-0.2, -0.15) is 26.3 Å². The first kappa shape index (κ1) is 19.6. The second-order valence-electron chi connectivity index (χ2n) is 4.41. The number of rotatable bonds is 6. The highest BCUT2D eigenvalue weighted by Crippen LogP contribution is 2.37. The van der Waals surface area contributed by atoms with Crippen LogP contribution in [0.5, 0.6) is 0 Å². The maximum atomic E-state index is 12.4. The molecule has 0 aliphatic carbocycles. The van der Waals surface area contributed by atoms with Gasteiger partial charge in [-0.05, 0) is 19.1 Å². The lowest BCUT2D eigenvalue weighted by molar-refractivity contribution is -0.174. The summed E-state index contributed by atoms with van der Waals surface area (Å²) in [4.78, 5) is 15.4. The maximum Gasteiger partial charge on any atom is 0.447 e. The van der Waals surface area contributed by atoms with Gasteiger partial charge in [-0.25, -0.2) is 4.98 Å². The van der Waals surface area contributed by atoms with E-state index in [1.165, 1.54) is 13.0 Å². The van der Waals surface area contributed by atoms with Crippen LogP contribution in [0.4, 0.5) is 26.3 Å². The molecule has 1 N–H and O–H groups in total. The number of carbonyl (C=O) groups is 1. The molecule has 1 aromatic rings. The fourth-order valence-corrected chi connectivity index (χ4v) is 2.05. The van der Waals surface area contributed by atoms with Crippen LogP contribution < -0.4 is 5.32 Å². The van der Waals surface area contributed by atoms with E-state index in [9.17, 15) is 31.1 Å². The second kappa shape index (κ2) is 7.86. The van der Waals surface area contributed by atoms with Gasteiger partial charge in [0.15, 0.2) is 0 Å². The Balaban J connectivity index is 2.64. The van der Waals surface area contributed by atoms with E-state index in [1.54, 1.807) is 0 Å². The van der Waals surface area contributed by atoms with E-state index >= 15 is 0 Å². The van der Waals surface area contributed by atoms with E-state index in [2.05, 4.69) is 15.0 Å². The molecule has 1 amide bonds. The molecule has 0 saturated heterocycles. The second-order valence-corrected chi connectivity index (χ2v) is 5.46. The van der Waals surface area contributed by atoms with Crippen LogP contribution in [0.25, 0.3) is 0 Å². The van der Waals surface area contributed by atoms with Crippen LogP contribution in [-0.4, -0.2) is 41.8 Å². The SMILES string of the molecule is CC(COCC(F)(F)F)NC(=O)c1cccnc1SC(F)(F)F. The summed E-state index contributed by atoms with van der Waals surface area (Å²) in [6, 6.07) is 1.59. The van der Waals surface area contributed by atoms with Gasteiger partial charge in [0.25, 0.3) is 5.91 Å². The number of nitrogens with one attached hydrogen (secondary N) is 1. The van der Waals surface area contributed by atoms with Crippen LogP contribution in [0.1, 0.15) is 17.3 Å². The van der Waals surface area contributed by atoms with Crippen LogP contribution >= 0.6 is 11.8 Å². The highest BCUT2D eigenvalue weighted by atomic mass is 32.2. The normalized spacial score (nSPS) is 13.7. The first-order valence-electron chi connectivity index (χ1n) is 6.14. The molecule has 4 nitrogen and oxygen atoms in total. The number of thioether (sulfide) groups is 1. The number of nitrogens with zero attached hydrogens (tertiary/aromatic N) is 1. The van der Waals surface area contributed by atoms with E-state index in [4.69, 9.17) is 0 Å². The van der Waals surface area contributed by atoms with E-state index in [0.717, 1.165) is 12.3 Å². The van der Waals surface area contributed by atoms with Gasteiger partial charge in [0.05, 0.1) is 12.2 Å². The van der Waals surface area contributed by atoms with Gasteiger partial charge in [-0.15, -0.1) is 0 Å². The Hall–Kier alpha value is -1.49. The van der Waals surface area contributed by atoms with Crippen molar-refractivity contribution in [3.05, 3.63) is 23.9 Å². The molecule has 0 radical (unpaired) electrons. The molecule has 0 aliphatic rings. The zero-order valence-electron chi connectivity index (χ0n) is 11.7. The summed E-state index contributed by atoms with van der Waals surface area (Å²) < 4.78 is 77.3. The third-order valence-corrected chi connectivity index (χ3v) is 2.99. The lowest BCUT2D eigenvalue weighted by Gasteiger charge is -2.16. The lowest BCUT2D eigenvalue weighted by atomic mass is 10.2. The summed E-state index contributed by atoms with van der Waals surface area (Å²) in [6.45, 7) is -0.552. The first-order valence-corrected chi connectivity index (χ1v) is 6.96. The quantitative estimate of drug-likeness (QED) is 0.623. The Morgan fingerprint density at radius 1 is 1.35 bits per heavy atom. The number of carbonyl (C=O) groups excluding carboxylic acids is 1. The Kier molecular flexibility index (Phi) is 6.69. The number of alkyl halides is 6. The van der Waals surface area contributed by atoms with Crippen LogP contribution in [0.3, 0.4) is 0 Å². The largest absolute Gasteiger partial charge is 0.447 e. The minimum atomic E-state index is -4.62. The van der Waals surface area contributed by atoms with Gasteiger partial charge in [-0.1, -0.05) is 0 Å². The maximum absolute atomic E-state index is 12.4. The van der Waals surface area contributed by atoms with Crippen LogP contribution in [0, 0.1) is 0 Å². The summed E-state index contributed by atoms with van der Waals surface area (Å²) in [5.41, 5.74) is -4.94. The Labute approximate surface area is 131 Å². The molecule has 0 fully saturated rings. The van der Waals surface area contributed by atoms with Crippen molar-refractivity contribution in [2.45, 2.75) is 29.7 Å². The van der Waals surface area contributed by atoms with Crippen molar-refractivity contribution in [3.8, 4) is 0 Å². The van der Waals surface area contributed by atoms with Crippen LogP contribution in [0.2, 0.25) is 0 Å². The molecule has 1 rings (SSSR count). The zero-order valence-corrected chi connectivity index (χ0v) is 12.5. The third-order valence-electron chi connectivity index (χ3n) is 2.24. The van der Waals surface area contributed by atoms with Crippen molar-refractivity contribution < 1.29 is 35.9 Å². The van der Waals surface area contributed by atoms with E-state index in [0.29, 0.717) is 0 Å². The summed E-state index contributed by atoms with van der Waals surface area (Å²) in [5, 5.41) is 1.72. The number of pyridine rings is 1. The average molecular weight is 362 g/mol. The van der Waals surface area contributed by atoms with E-state index in [-0.39, 0.29) is 5.56 Å². The Morgan fingerprint density at radius 3 is 2.57 bits per heavy atom. The molecule has 0 spiro atoms. The fraction of sp³-hybridized carbons (Fsp3) is 0.500. The topological polar surface area (TPSA) is 51.2 Å². The van der Waals surface area contributed by atoms with E-state index < -0.39 is 53.6 Å². The summed E-state index contributed by atoms with van der Waals surface area (Å²) >= 11 is -0.548. The van der Waals surface area contributed by atoms with Crippen LogP contribution in [-0.2, 0) is 4.74 Å². The minimum absolute atomic E-state index is 0.322. The van der Waals surface area contributed by atoms with Crippen LogP contribution in [0.15, 0.2) is 23.4 Å². The average Bonchev–Trinajstić information content (AvgIpc) is 2.35. The van der Waals surface area contributed by atoms with Crippen molar-refractivity contribution in [2.75, 3.05) is 13.2 Å². The van der Waals surface area contributed by atoms with Gasteiger partial charge < -0.3 is 10.1 Å². The zero-order chi connectivity index (χ0) is 17.7. The number of halogens is 6. The molecule has 0 aliphatic heterocycles.